The van der Waals surface area contributed by atoms with Crippen molar-refractivity contribution in [2.75, 3.05) is 13.1 Å². The summed E-state index contributed by atoms with van der Waals surface area (Å²) < 4.78 is 39.2. The number of likely N-dealkylation sites (tertiary alicyclic amines) is 1. The number of halogens is 3. The van der Waals surface area contributed by atoms with Crippen LogP contribution in [0.5, 0.6) is 0 Å². The van der Waals surface area contributed by atoms with E-state index in [4.69, 9.17) is 0 Å². The van der Waals surface area contributed by atoms with Gasteiger partial charge in [-0.2, -0.15) is 13.2 Å². The molecule has 1 aromatic rings. The summed E-state index contributed by atoms with van der Waals surface area (Å²) in [7, 11) is 0. The number of piperidine rings is 1. The minimum absolute atomic E-state index is 0.0805. The molecule has 0 spiro atoms. The first-order valence-electron chi connectivity index (χ1n) is 5.95. The fraction of sp³-hybridized carbons (Fsp3) is 0.800. The lowest BCUT2D eigenvalue weighted by molar-refractivity contribution is -0.188. The Labute approximate surface area is 107 Å². The maximum Gasteiger partial charge on any atom is 0.393 e. The Bertz CT molecular complexity index is 458. The number of hydrogen-bond donors (Lipinski definition) is 0. The predicted octanol–water partition coefficient (Wildman–Crippen LogP) is 0.782. The summed E-state index contributed by atoms with van der Waals surface area (Å²) in [5, 5.41) is 10.6. The Morgan fingerprint density at radius 1 is 1.47 bits per heavy atom. The van der Waals surface area contributed by atoms with Gasteiger partial charge >= 0.3 is 6.18 Å². The number of nitrogens with zero attached hydrogens (tertiary/aromatic N) is 5. The third-order valence-corrected chi connectivity index (χ3v) is 3.23. The molecule has 0 N–H and O–H groups in total. The summed E-state index contributed by atoms with van der Waals surface area (Å²) in [6.45, 7) is 1.58. The zero-order valence-electron chi connectivity index (χ0n) is 10.4. The number of carbonyl (C=O) groups excluding carboxylic acids is 1. The van der Waals surface area contributed by atoms with Gasteiger partial charge in [0.1, 0.15) is 12.4 Å². The smallest absolute Gasteiger partial charge is 0.340 e. The normalized spacial score (nSPS) is 20.6. The molecule has 1 aliphatic heterocycles. The van der Waals surface area contributed by atoms with Gasteiger partial charge < -0.3 is 4.90 Å². The maximum absolute atomic E-state index is 12.6. The molecular formula is C10H14F3N5O. The second-order valence-corrected chi connectivity index (χ2v) is 4.60. The van der Waals surface area contributed by atoms with Crippen LogP contribution >= 0.6 is 0 Å². The number of aromatic nitrogens is 4. The lowest BCUT2D eigenvalue weighted by Crippen LogP contribution is -2.45. The molecule has 1 atom stereocenters. The van der Waals surface area contributed by atoms with Gasteiger partial charge in [0.25, 0.3) is 0 Å². The molecule has 1 aromatic heterocycles. The fourth-order valence-electron chi connectivity index (χ4n) is 2.09. The van der Waals surface area contributed by atoms with Gasteiger partial charge in [-0.15, -0.1) is 5.10 Å². The monoisotopic (exact) mass is 277 g/mol. The summed E-state index contributed by atoms with van der Waals surface area (Å²) in [5.74, 6) is -1.36. The number of rotatable bonds is 2. The van der Waals surface area contributed by atoms with Crippen LogP contribution in [0.4, 0.5) is 13.2 Å². The largest absolute Gasteiger partial charge is 0.393 e. The van der Waals surface area contributed by atoms with Crippen LogP contribution in [0.25, 0.3) is 0 Å². The van der Waals surface area contributed by atoms with E-state index in [0.29, 0.717) is 18.8 Å². The minimum atomic E-state index is -4.25. The van der Waals surface area contributed by atoms with Crippen molar-refractivity contribution in [3.63, 3.8) is 0 Å². The predicted molar refractivity (Wildman–Crippen MR) is 57.9 cm³/mol. The van der Waals surface area contributed by atoms with E-state index >= 15 is 0 Å². The Hall–Kier alpha value is -1.67. The van der Waals surface area contributed by atoms with Crippen molar-refractivity contribution >= 4 is 5.91 Å². The van der Waals surface area contributed by atoms with Gasteiger partial charge in [-0.1, -0.05) is 0 Å². The molecule has 0 saturated carbocycles. The average molecular weight is 277 g/mol. The van der Waals surface area contributed by atoms with E-state index in [1.165, 1.54) is 9.58 Å². The van der Waals surface area contributed by atoms with Crippen LogP contribution in [0, 0.1) is 12.8 Å². The Kier molecular flexibility index (Phi) is 3.72. The van der Waals surface area contributed by atoms with E-state index in [1.807, 2.05) is 0 Å². The Morgan fingerprint density at radius 2 is 2.21 bits per heavy atom. The van der Waals surface area contributed by atoms with Crippen molar-refractivity contribution in [1.82, 2.24) is 25.1 Å². The van der Waals surface area contributed by atoms with Crippen LogP contribution in [0.2, 0.25) is 0 Å². The summed E-state index contributed by atoms with van der Waals surface area (Å²) in [6, 6.07) is 0. The number of alkyl halides is 3. The van der Waals surface area contributed by atoms with Crippen molar-refractivity contribution in [3.05, 3.63) is 5.82 Å². The molecule has 106 valence electrons. The van der Waals surface area contributed by atoms with Gasteiger partial charge in [-0.3, -0.25) is 4.79 Å². The highest BCUT2D eigenvalue weighted by Crippen LogP contribution is 2.33. The summed E-state index contributed by atoms with van der Waals surface area (Å²) in [5.41, 5.74) is 0. The highest BCUT2D eigenvalue weighted by atomic mass is 19.4. The first-order valence-corrected chi connectivity index (χ1v) is 5.95. The highest BCUT2D eigenvalue weighted by Gasteiger charge is 2.42. The van der Waals surface area contributed by atoms with E-state index in [0.717, 1.165) is 0 Å². The third kappa shape index (κ3) is 3.21. The Balaban J connectivity index is 1.98. The zero-order chi connectivity index (χ0) is 14.0. The third-order valence-electron chi connectivity index (χ3n) is 3.23. The number of hydrogen-bond acceptors (Lipinski definition) is 4. The highest BCUT2D eigenvalue weighted by molar-refractivity contribution is 5.76. The van der Waals surface area contributed by atoms with Crippen LogP contribution in [0.15, 0.2) is 0 Å². The molecule has 1 aliphatic rings. The molecule has 0 radical (unpaired) electrons. The molecule has 1 saturated heterocycles. The summed E-state index contributed by atoms with van der Waals surface area (Å²) in [6.07, 6.45) is -3.80. The topological polar surface area (TPSA) is 63.9 Å². The molecule has 0 bridgehead atoms. The molecule has 1 unspecified atom stereocenters. The number of carbonyl (C=O) groups is 1. The molecule has 0 aliphatic carbocycles. The van der Waals surface area contributed by atoms with Crippen molar-refractivity contribution in [2.24, 2.45) is 5.92 Å². The van der Waals surface area contributed by atoms with Gasteiger partial charge in [0, 0.05) is 13.1 Å². The second kappa shape index (κ2) is 5.14. The fourth-order valence-corrected chi connectivity index (χ4v) is 2.09. The molecular weight excluding hydrogens is 263 g/mol. The van der Waals surface area contributed by atoms with Crippen molar-refractivity contribution < 1.29 is 18.0 Å². The van der Waals surface area contributed by atoms with Crippen molar-refractivity contribution in [1.29, 1.82) is 0 Å². The van der Waals surface area contributed by atoms with Gasteiger partial charge in [0.05, 0.1) is 5.92 Å². The SMILES string of the molecule is Cc1nnnn1CC(=O)N1CCCC(C(F)(F)F)C1. The molecule has 1 fully saturated rings. The maximum atomic E-state index is 12.6. The molecule has 2 rings (SSSR count). The first kappa shape index (κ1) is 13.8. The van der Waals surface area contributed by atoms with Crippen LogP contribution in [-0.4, -0.2) is 50.3 Å². The van der Waals surface area contributed by atoms with Crippen LogP contribution in [0.3, 0.4) is 0 Å². The molecule has 2 heterocycles. The lowest BCUT2D eigenvalue weighted by atomic mass is 9.97. The molecule has 1 amide bonds. The molecule has 19 heavy (non-hydrogen) atoms. The zero-order valence-corrected chi connectivity index (χ0v) is 10.4. The lowest BCUT2D eigenvalue weighted by Gasteiger charge is -2.33. The quantitative estimate of drug-likeness (QED) is 0.801. The van der Waals surface area contributed by atoms with Gasteiger partial charge in [0.15, 0.2) is 0 Å². The van der Waals surface area contributed by atoms with E-state index in [9.17, 15) is 18.0 Å². The van der Waals surface area contributed by atoms with E-state index in [2.05, 4.69) is 15.5 Å². The van der Waals surface area contributed by atoms with Gasteiger partial charge in [0.2, 0.25) is 5.91 Å². The molecule has 9 heteroatoms. The van der Waals surface area contributed by atoms with Crippen LogP contribution in [-0.2, 0) is 11.3 Å². The number of tetrazole rings is 1. The average Bonchev–Trinajstić information content (AvgIpc) is 2.74. The van der Waals surface area contributed by atoms with Crippen molar-refractivity contribution in [2.45, 2.75) is 32.5 Å². The van der Waals surface area contributed by atoms with E-state index < -0.39 is 12.1 Å². The second-order valence-electron chi connectivity index (χ2n) is 4.60. The van der Waals surface area contributed by atoms with Gasteiger partial charge in [-0.05, 0) is 30.2 Å². The summed E-state index contributed by atoms with van der Waals surface area (Å²) >= 11 is 0. The standard InChI is InChI=1S/C10H14F3N5O/c1-7-14-15-16-18(7)6-9(19)17-4-2-3-8(5-17)10(11,12)13/h8H,2-6H2,1H3. The van der Waals surface area contributed by atoms with Crippen LogP contribution in [0.1, 0.15) is 18.7 Å². The van der Waals surface area contributed by atoms with Crippen molar-refractivity contribution in [3.8, 4) is 0 Å². The summed E-state index contributed by atoms with van der Waals surface area (Å²) in [4.78, 5) is 13.2. The first-order chi connectivity index (χ1) is 8.88. The molecule has 0 aromatic carbocycles. The van der Waals surface area contributed by atoms with E-state index in [-0.39, 0.29) is 25.4 Å². The van der Waals surface area contributed by atoms with Gasteiger partial charge in [-0.25, -0.2) is 4.68 Å². The number of aryl methyl sites for hydroxylation is 1. The number of amides is 1. The molecule has 6 nitrogen and oxygen atoms in total. The minimum Gasteiger partial charge on any atom is -0.340 e. The van der Waals surface area contributed by atoms with Crippen LogP contribution < -0.4 is 0 Å². The Morgan fingerprint density at radius 3 is 2.79 bits per heavy atom. The van der Waals surface area contributed by atoms with E-state index in [1.54, 1.807) is 6.92 Å².